The van der Waals surface area contributed by atoms with Crippen molar-refractivity contribution in [3.63, 3.8) is 0 Å². The second kappa shape index (κ2) is 6.52. The van der Waals surface area contributed by atoms with Crippen LogP contribution >= 0.6 is 0 Å². The van der Waals surface area contributed by atoms with Gasteiger partial charge in [0.2, 0.25) is 10.0 Å². The summed E-state index contributed by atoms with van der Waals surface area (Å²) in [7, 11) is -3.44. The number of rotatable bonds is 6. The minimum absolute atomic E-state index is 0.0567. The first kappa shape index (κ1) is 15.2. The SMILES string of the molecule is NS(=O)(=O)CC1(COCC2CCOC2)CCCCC1. The fourth-order valence-electron chi connectivity index (χ4n) is 3.22. The molecule has 1 unspecified atom stereocenters. The lowest BCUT2D eigenvalue weighted by atomic mass is 9.76. The molecule has 5 nitrogen and oxygen atoms in total. The van der Waals surface area contributed by atoms with Gasteiger partial charge in [0.25, 0.3) is 0 Å². The lowest BCUT2D eigenvalue weighted by molar-refractivity contribution is 0.0144. The highest BCUT2D eigenvalue weighted by atomic mass is 32.2. The summed E-state index contributed by atoms with van der Waals surface area (Å²) in [6.45, 7) is 2.77. The predicted molar refractivity (Wildman–Crippen MR) is 73.2 cm³/mol. The molecular weight excluding hydrogens is 266 g/mol. The highest BCUT2D eigenvalue weighted by molar-refractivity contribution is 7.89. The van der Waals surface area contributed by atoms with Gasteiger partial charge in [0.05, 0.1) is 25.6 Å². The smallest absolute Gasteiger partial charge is 0.209 e. The molecule has 2 rings (SSSR count). The van der Waals surface area contributed by atoms with E-state index in [2.05, 4.69) is 0 Å². The van der Waals surface area contributed by atoms with Gasteiger partial charge in [0, 0.05) is 17.9 Å². The first-order valence-electron chi connectivity index (χ1n) is 7.15. The zero-order valence-corrected chi connectivity index (χ0v) is 12.3. The van der Waals surface area contributed by atoms with Crippen LogP contribution in [-0.2, 0) is 19.5 Å². The number of nitrogens with two attached hydrogens (primary N) is 1. The van der Waals surface area contributed by atoms with Crippen molar-refractivity contribution in [3.05, 3.63) is 0 Å². The Bertz CT molecular complexity index is 370. The van der Waals surface area contributed by atoms with Crippen LogP contribution in [0.3, 0.4) is 0 Å². The first-order chi connectivity index (χ1) is 8.99. The molecule has 1 atom stereocenters. The summed E-state index contributed by atoms with van der Waals surface area (Å²) in [5.74, 6) is 0.524. The van der Waals surface area contributed by atoms with E-state index in [1.807, 2.05) is 0 Å². The molecule has 112 valence electrons. The van der Waals surface area contributed by atoms with E-state index < -0.39 is 10.0 Å². The highest BCUT2D eigenvalue weighted by Gasteiger charge is 2.36. The van der Waals surface area contributed by atoms with Crippen LogP contribution in [0.1, 0.15) is 38.5 Å². The van der Waals surface area contributed by atoms with Gasteiger partial charge in [0.1, 0.15) is 0 Å². The van der Waals surface area contributed by atoms with Crippen LogP contribution in [0.2, 0.25) is 0 Å². The average Bonchev–Trinajstić information content (AvgIpc) is 2.81. The molecule has 6 heteroatoms. The number of hydrogen-bond donors (Lipinski definition) is 1. The van der Waals surface area contributed by atoms with Gasteiger partial charge < -0.3 is 9.47 Å². The van der Waals surface area contributed by atoms with E-state index in [4.69, 9.17) is 14.6 Å². The third-order valence-corrected chi connectivity index (χ3v) is 5.22. The maximum Gasteiger partial charge on any atom is 0.209 e. The molecular formula is C13H25NO4S. The molecule has 1 saturated heterocycles. The Morgan fingerprint density at radius 2 is 2.00 bits per heavy atom. The standard InChI is InChI=1S/C13H25NO4S/c14-19(15,16)11-13(5-2-1-3-6-13)10-18-9-12-4-7-17-8-12/h12H,1-11H2,(H2,14,15,16). The molecule has 2 N–H and O–H groups in total. The summed E-state index contributed by atoms with van der Waals surface area (Å²) in [5, 5.41) is 5.24. The Morgan fingerprint density at radius 1 is 1.26 bits per heavy atom. The van der Waals surface area contributed by atoms with Gasteiger partial charge in [0.15, 0.2) is 0 Å². The normalized spacial score (nSPS) is 27.5. The van der Waals surface area contributed by atoms with Crippen molar-refractivity contribution < 1.29 is 17.9 Å². The Balaban J connectivity index is 1.85. The monoisotopic (exact) mass is 291 g/mol. The van der Waals surface area contributed by atoms with Crippen LogP contribution in [0.15, 0.2) is 0 Å². The van der Waals surface area contributed by atoms with Gasteiger partial charge in [-0.1, -0.05) is 19.3 Å². The van der Waals surface area contributed by atoms with Crippen molar-refractivity contribution in [2.75, 3.05) is 32.2 Å². The minimum atomic E-state index is -3.44. The van der Waals surface area contributed by atoms with Gasteiger partial charge >= 0.3 is 0 Å². The Labute approximate surface area is 115 Å². The molecule has 1 saturated carbocycles. The highest BCUT2D eigenvalue weighted by Crippen LogP contribution is 2.37. The fourth-order valence-corrected chi connectivity index (χ4v) is 4.44. The molecule has 0 amide bonds. The van der Waals surface area contributed by atoms with Gasteiger partial charge in [-0.25, -0.2) is 13.6 Å². The lowest BCUT2D eigenvalue weighted by Gasteiger charge is -2.36. The zero-order valence-electron chi connectivity index (χ0n) is 11.5. The Hall–Kier alpha value is -0.170. The fraction of sp³-hybridized carbons (Fsp3) is 1.00. The van der Waals surface area contributed by atoms with E-state index in [1.165, 1.54) is 6.42 Å². The van der Waals surface area contributed by atoms with Crippen molar-refractivity contribution in [1.29, 1.82) is 0 Å². The summed E-state index contributed by atoms with van der Waals surface area (Å²) in [4.78, 5) is 0. The van der Waals surface area contributed by atoms with Crippen molar-refractivity contribution >= 4 is 10.0 Å². The second-order valence-electron chi connectivity index (χ2n) is 6.11. The molecule has 0 bridgehead atoms. The van der Waals surface area contributed by atoms with Gasteiger partial charge in [-0.15, -0.1) is 0 Å². The predicted octanol–water partition coefficient (Wildman–Crippen LogP) is 1.28. The van der Waals surface area contributed by atoms with Crippen LogP contribution in [0.25, 0.3) is 0 Å². The number of ether oxygens (including phenoxy) is 2. The zero-order chi connectivity index (χ0) is 13.8. The molecule has 1 heterocycles. The van der Waals surface area contributed by atoms with E-state index in [9.17, 15) is 8.42 Å². The third kappa shape index (κ3) is 5.02. The van der Waals surface area contributed by atoms with Gasteiger partial charge in [-0.2, -0.15) is 0 Å². The molecule has 1 aliphatic heterocycles. The van der Waals surface area contributed by atoms with Crippen molar-refractivity contribution in [1.82, 2.24) is 0 Å². The van der Waals surface area contributed by atoms with E-state index in [-0.39, 0.29) is 11.2 Å². The van der Waals surface area contributed by atoms with Gasteiger partial charge in [-0.05, 0) is 19.3 Å². The summed E-state index contributed by atoms with van der Waals surface area (Å²) in [6, 6.07) is 0. The molecule has 19 heavy (non-hydrogen) atoms. The van der Waals surface area contributed by atoms with Crippen molar-refractivity contribution in [2.24, 2.45) is 16.5 Å². The van der Waals surface area contributed by atoms with Crippen LogP contribution in [0.4, 0.5) is 0 Å². The third-order valence-electron chi connectivity index (χ3n) is 4.21. The molecule has 0 aromatic carbocycles. The Morgan fingerprint density at radius 3 is 2.58 bits per heavy atom. The van der Waals surface area contributed by atoms with Crippen LogP contribution < -0.4 is 5.14 Å². The summed E-state index contributed by atoms with van der Waals surface area (Å²) in [6.07, 6.45) is 6.19. The van der Waals surface area contributed by atoms with Crippen molar-refractivity contribution in [3.8, 4) is 0 Å². The van der Waals surface area contributed by atoms with Crippen LogP contribution in [-0.4, -0.2) is 40.6 Å². The van der Waals surface area contributed by atoms with E-state index in [0.29, 0.717) is 19.1 Å². The molecule has 0 spiro atoms. The largest absolute Gasteiger partial charge is 0.381 e. The quantitative estimate of drug-likeness (QED) is 0.799. The lowest BCUT2D eigenvalue weighted by Crippen LogP contribution is -2.39. The average molecular weight is 291 g/mol. The maximum absolute atomic E-state index is 11.4. The summed E-state index contributed by atoms with van der Waals surface area (Å²) < 4.78 is 34.0. The molecule has 0 radical (unpaired) electrons. The molecule has 2 aliphatic rings. The molecule has 0 aromatic rings. The van der Waals surface area contributed by atoms with E-state index in [1.54, 1.807) is 0 Å². The number of primary sulfonamides is 1. The van der Waals surface area contributed by atoms with Crippen LogP contribution in [0, 0.1) is 11.3 Å². The minimum Gasteiger partial charge on any atom is -0.381 e. The molecule has 0 aromatic heterocycles. The van der Waals surface area contributed by atoms with E-state index >= 15 is 0 Å². The second-order valence-corrected chi connectivity index (χ2v) is 7.73. The summed E-state index contributed by atoms with van der Waals surface area (Å²) >= 11 is 0. The Kier molecular flexibility index (Phi) is 5.22. The maximum atomic E-state index is 11.4. The number of sulfonamides is 1. The van der Waals surface area contributed by atoms with Crippen LogP contribution in [0.5, 0.6) is 0 Å². The molecule has 2 fully saturated rings. The topological polar surface area (TPSA) is 78.6 Å². The summed E-state index contributed by atoms with van der Waals surface area (Å²) in [5.41, 5.74) is -0.259. The van der Waals surface area contributed by atoms with E-state index in [0.717, 1.165) is 45.3 Å². The van der Waals surface area contributed by atoms with Crippen molar-refractivity contribution in [2.45, 2.75) is 38.5 Å². The van der Waals surface area contributed by atoms with Gasteiger partial charge in [-0.3, -0.25) is 0 Å². The molecule has 1 aliphatic carbocycles. The number of hydrogen-bond acceptors (Lipinski definition) is 4. The first-order valence-corrected chi connectivity index (χ1v) is 8.87.